The molecule has 0 N–H and O–H groups in total. The predicted molar refractivity (Wildman–Crippen MR) is 110 cm³/mol. The summed E-state index contributed by atoms with van der Waals surface area (Å²) in [5.74, 6) is 2.55. The lowest BCUT2D eigenvalue weighted by atomic mass is 10.6. The monoisotopic (exact) mass is 412 g/mol. The Morgan fingerprint density at radius 1 is 0.600 bits per heavy atom. The Morgan fingerprint density at radius 2 is 0.950 bits per heavy atom. The first kappa shape index (κ1) is 15.5. The van der Waals surface area contributed by atoms with Gasteiger partial charge in [0.05, 0.1) is 25.4 Å². The van der Waals surface area contributed by atoms with Crippen molar-refractivity contribution in [1.29, 1.82) is 0 Å². The van der Waals surface area contributed by atoms with Gasteiger partial charge in [-0.3, -0.25) is 0 Å². The summed E-state index contributed by atoms with van der Waals surface area (Å²) in [6.45, 7) is 4.66. The van der Waals surface area contributed by atoms with Crippen molar-refractivity contribution in [3.05, 3.63) is 25.4 Å². The highest BCUT2D eigenvalue weighted by atomic mass is 32.3. The second-order valence-electron chi connectivity index (χ2n) is 4.61. The Balaban J connectivity index is 1.47. The third kappa shape index (κ3) is 3.14. The Hall–Kier alpha value is 2.02. The Morgan fingerprint density at radius 3 is 1.25 bits per heavy atom. The van der Waals surface area contributed by atoms with Gasteiger partial charge in [0.2, 0.25) is 0 Å². The Kier molecular flexibility index (Phi) is 5.05. The lowest BCUT2D eigenvalue weighted by Gasteiger charge is -2.06. The highest BCUT2D eigenvalue weighted by Crippen LogP contribution is 2.70. The van der Waals surface area contributed by atoms with Gasteiger partial charge in [0.1, 0.15) is 0 Å². The van der Waals surface area contributed by atoms with Gasteiger partial charge in [-0.05, 0) is 0 Å². The van der Waals surface area contributed by atoms with Crippen LogP contribution in [0, 0.1) is 0 Å². The first-order valence-corrected chi connectivity index (χ1v) is 13.2. The smallest absolute Gasteiger partial charge is 0.0718 e. The lowest BCUT2D eigenvalue weighted by Crippen LogP contribution is -1.88. The summed E-state index contributed by atoms with van der Waals surface area (Å²) >= 11 is 16.3. The topological polar surface area (TPSA) is 0 Å². The zero-order valence-electron chi connectivity index (χ0n) is 10.8. The molecule has 4 aliphatic heterocycles. The minimum absolute atomic E-state index is 0.782. The maximum atomic E-state index is 2.33. The third-order valence-electron chi connectivity index (χ3n) is 2.76. The van der Waals surface area contributed by atoms with Crippen LogP contribution in [-0.4, -0.2) is 22.0 Å². The molecule has 4 rings (SSSR count). The molecule has 2 atom stereocenters. The van der Waals surface area contributed by atoms with Crippen LogP contribution in [0.2, 0.25) is 0 Å². The molecule has 108 valence electrons. The van der Waals surface area contributed by atoms with Gasteiger partial charge < -0.3 is 0 Å². The molecule has 20 heavy (non-hydrogen) atoms. The standard InChI is InChI=1S/C12H12S8/c1-5-3-13-7(15-5)9-17-11-12(18-9)20-10(19-11)8-14-4-6(2)16-8/h5-6H,3-4H2,1-2H3/t5-,6-/m0/s1. The number of hydrogen-bond donors (Lipinski definition) is 0. The fourth-order valence-corrected chi connectivity index (χ4v) is 14.6. The van der Waals surface area contributed by atoms with Gasteiger partial charge in [-0.25, -0.2) is 0 Å². The van der Waals surface area contributed by atoms with Crippen molar-refractivity contribution >= 4 is 94.1 Å². The van der Waals surface area contributed by atoms with E-state index in [1.54, 1.807) is 16.9 Å². The first-order valence-electron chi connectivity index (χ1n) is 6.22. The van der Waals surface area contributed by atoms with Crippen LogP contribution in [0.5, 0.6) is 0 Å². The quantitative estimate of drug-likeness (QED) is 0.409. The third-order valence-corrected chi connectivity index (χ3v) is 15.4. The van der Waals surface area contributed by atoms with E-state index in [0.717, 1.165) is 10.5 Å². The Bertz CT molecular complexity index is 478. The molecule has 0 nitrogen and oxygen atoms in total. The van der Waals surface area contributed by atoms with E-state index in [4.69, 9.17) is 0 Å². The summed E-state index contributed by atoms with van der Waals surface area (Å²) in [7, 11) is 0. The normalized spacial score (nSPS) is 33.9. The van der Waals surface area contributed by atoms with Gasteiger partial charge in [-0.15, -0.1) is 47.0 Å². The van der Waals surface area contributed by atoms with Gasteiger partial charge in [0.25, 0.3) is 0 Å². The van der Waals surface area contributed by atoms with Crippen molar-refractivity contribution in [2.45, 2.75) is 24.3 Å². The van der Waals surface area contributed by atoms with Crippen LogP contribution in [0.15, 0.2) is 25.4 Å². The average molecular weight is 413 g/mol. The second-order valence-corrected chi connectivity index (χ2v) is 15.2. The molecule has 0 spiro atoms. The van der Waals surface area contributed by atoms with Crippen LogP contribution in [0.4, 0.5) is 0 Å². The van der Waals surface area contributed by atoms with E-state index < -0.39 is 0 Å². The second kappa shape index (κ2) is 6.49. The molecule has 4 heterocycles. The average Bonchev–Trinajstić information content (AvgIpc) is 3.09. The van der Waals surface area contributed by atoms with Crippen molar-refractivity contribution in [2.75, 3.05) is 11.5 Å². The fourth-order valence-electron chi connectivity index (χ4n) is 1.86. The van der Waals surface area contributed by atoms with Crippen LogP contribution < -0.4 is 0 Å². The molecule has 4 aliphatic rings. The maximum Gasteiger partial charge on any atom is 0.0718 e. The summed E-state index contributed by atoms with van der Waals surface area (Å²) < 4.78 is 9.28. The Labute approximate surface area is 154 Å². The van der Waals surface area contributed by atoms with E-state index in [1.165, 1.54) is 20.0 Å². The van der Waals surface area contributed by atoms with Gasteiger partial charge in [0, 0.05) is 22.0 Å². The van der Waals surface area contributed by atoms with Crippen molar-refractivity contribution in [3.8, 4) is 0 Å². The predicted octanol–water partition coefficient (Wildman–Crippen LogP) is 7.06. The summed E-state index contributed by atoms with van der Waals surface area (Å²) in [4.78, 5) is 0. The molecule has 0 saturated carbocycles. The van der Waals surface area contributed by atoms with Crippen LogP contribution >= 0.6 is 94.1 Å². The number of thioether (sulfide) groups is 8. The van der Waals surface area contributed by atoms with Crippen molar-refractivity contribution in [1.82, 2.24) is 0 Å². The summed E-state index contributed by atoms with van der Waals surface area (Å²) in [6, 6.07) is 0. The molecule has 0 unspecified atom stereocenters. The maximum absolute atomic E-state index is 2.33. The molecule has 0 bridgehead atoms. The van der Waals surface area contributed by atoms with Gasteiger partial charge >= 0.3 is 0 Å². The van der Waals surface area contributed by atoms with E-state index in [-0.39, 0.29) is 0 Å². The molecule has 2 fully saturated rings. The summed E-state index contributed by atoms with van der Waals surface area (Å²) in [5, 5.41) is 1.56. The first-order chi connectivity index (χ1) is 9.69. The minimum atomic E-state index is 0.782. The molecule has 0 amide bonds. The molecular weight excluding hydrogens is 401 g/mol. The summed E-state index contributed by atoms with van der Waals surface area (Å²) in [5.41, 5.74) is 0. The largest absolute Gasteiger partial charge is 0.116 e. The molecule has 0 aliphatic carbocycles. The highest BCUT2D eigenvalue weighted by Gasteiger charge is 2.35. The number of hydrogen-bond acceptors (Lipinski definition) is 8. The van der Waals surface area contributed by atoms with Gasteiger partial charge in [-0.2, -0.15) is 0 Å². The van der Waals surface area contributed by atoms with E-state index in [1.807, 2.05) is 70.6 Å². The molecule has 0 radical (unpaired) electrons. The van der Waals surface area contributed by atoms with Crippen LogP contribution in [-0.2, 0) is 0 Å². The van der Waals surface area contributed by atoms with E-state index >= 15 is 0 Å². The van der Waals surface area contributed by atoms with Crippen LogP contribution in [0.25, 0.3) is 0 Å². The minimum Gasteiger partial charge on any atom is -0.116 e. The van der Waals surface area contributed by atoms with Crippen LogP contribution in [0.3, 0.4) is 0 Å². The van der Waals surface area contributed by atoms with E-state index in [2.05, 4.69) is 37.4 Å². The van der Waals surface area contributed by atoms with Crippen molar-refractivity contribution in [3.63, 3.8) is 0 Å². The molecule has 0 aromatic rings. The SMILES string of the molecule is C[C@H]1CSC(=C2SC3=C(S2)SC(=C2SC[C@H](C)S2)S3)S1. The number of rotatable bonds is 0. The molecule has 2 saturated heterocycles. The molecule has 0 aromatic carbocycles. The van der Waals surface area contributed by atoms with Crippen molar-refractivity contribution < 1.29 is 0 Å². The summed E-state index contributed by atoms with van der Waals surface area (Å²) in [6.07, 6.45) is 0. The molecule has 0 aromatic heterocycles. The molecule has 8 heteroatoms. The zero-order chi connectivity index (χ0) is 13.7. The highest BCUT2D eigenvalue weighted by molar-refractivity contribution is 8.49. The van der Waals surface area contributed by atoms with Crippen molar-refractivity contribution in [2.24, 2.45) is 0 Å². The lowest BCUT2D eigenvalue weighted by molar-refractivity contribution is 1.15. The molecular formula is C12H12S8. The fraction of sp³-hybridized carbons (Fsp3) is 0.500. The van der Waals surface area contributed by atoms with Gasteiger partial charge in [0.15, 0.2) is 0 Å². The van der Waals surface area contributed by atoms with E-state index in [9.17, 15) is 0 Å². The van der Waals surface area contributed by atoms with Crippen LogP contribution in [0.1, 0.15) is 13.8 Å². The van der Waals surface area contributed by atoms with Gasteiger partial charge in [-0.1, -0.05) is 60.9 Å². The zero-order valence-corrected chi connectivity index (χ0v) is 17.4. The van der Waals surface area contributed by atoms with E-state index in [0.29, 0.717) is 0 Å².